The standard InChI is InChI=1S/C16H18N4/c1-11(13-3-7-15(17)8-4-13)19-20-12(2)14-5-9-16(18)10-6-14/h3-10H,17-18H2,1-2H3/b19-11+,20-12+. The predicted octanol–water partition coefficient (Wildman–Crippen LogP) is 3.08. The van der Waals surface area contributed by atoms with Crippen molar-refractivity contribution < 1.29 is 0 Å². The Morgan fingerprint density at radius 1 is 0.650 bits per heavy atom. The zero-order chi connectivity index (χ0) is 14.5. The Balaban J connectivity index is 2.19. The lowest BCUT2D eigenvalue weighted by atomic mass is 10.1. The van der Waals surface area contributed by atoms with Crippen LogP contribution in [0.4, 0.5) is 11.4 Å². The van der Waals surface area contributed by atoms with Crippen LogP contribution in [-0.4, -0.2) is 11.4 Å². The summed E-state index contributed by atoms with van der Waals surface area (Å²) in [7, 11) is 0. The topological polar surface area (TPSA) is 76.8 Å². The van der Waals surface area contributed by atoms with E-state index in [2.05, 4.69) is 10.2 Å². The van der Waals surface area contributed by atoms with Crippen LogP contribution < -0.4 is 11.5 Å². The third-order valence-corrected chi connectivity index (χ3v) is 3.01. The van der Waals surface area contributed by atoms with Gasteiger partial charge < -0.3 is 11.5 Å². The highest BCUT2D eigenvalue weighted by molar-refractivity contribution is 6.01. The zero-order valence-corrected chi connectivity index (χ0v) is 11.7. The molecule has 102 valence electrons. The molecule has 0 spiro atoms. The molecule has 0 aliphatic carbocycles. The van der Waals surface area contributed by atoms with Gasteiger partial charge in [-0.15, -0.1) is 0 Å². The molecule has 0 aromatic heterocycles. The van der Waals surface area contributed by atoms with E-state index < -0.39 is 0 Å². The number of benzene rings is 2. The lowest BCUT2D eigenvalue weighted by Crippen LogP contribution is -1.97. The lowest BCUT2D eigenvalue weighted by molar-refractivity contribution is 1.22. The Bertz CT molecular complexity index is 578. The van der Waals surface area contributed by atoms with E-state index in [1.807, 2.05) is 62.4 Å². The molecule has 2 aromatic carbocycles. The van der Waals surface area contributed by atoms with Crippen molar-refractivity contribution in [2.75, 3.05) is 11.5 Å². The van der Waals surface area contributed by atoms with Gasteiger partial charge in [0.2, 0.25) is 0 Å². The van der Waals surface area contributed by atoms with Crippen molar-refractivity contribution in [3.05, 3.63) is 59.7 Å². The Hall–Kier alpha value is -2.62. The number of rotatable bonds is 3. The largest absolute Gasteiger partial charge is 0.399 e. The lowest BCUT2D eigenvalue weighted by Gasteiger charge is -2.01. The van der Waals surface area contributed by atoms with E-state index in [4.69, 9.17) is 11.5 Å². The Morgan fingerprint density at radius 2 is 0.950 bits per heavy atom. The molecule has 4 nitrogen and oxygen atoms in total. The molecule has 0 aliphatic rings. The van der Waals surface area contributed by atoms with Crippen LogP contribution in [0.5, 0.6) is 0 Å². The molecule has 0 amide bonds. The molecule has 4 heteroatoms. The van der Waals surface area contributed by atoms with E-state index in [0.717, 1.165) is 33.9 Å². The van der Waals surface area contributed by atoms with Crippen molar-refractivity contribution in [1.82, 2.24) is 0 Å². The summed E-state index contributed by atoms with van der Waals surface area (Å²) in [6.07, 6.45) is 0. The second kappa shape index (κ2) is 6.02. The monoisotopic (exact) mass is 266 g/mol. The minimum atomic E-state index is 0.739. The Morgan fingerprint density at radius 3 is 1.25 bits per heavy atom. The third-order valence-electron chi connectivity index (χ3n) is 3.01. The molecule has 0 saturated carbocycles. The maximum atomic E-state index is 5.66. The highest BCUT2D eigenvalue weighted by atomic mass is 15.2. The first-order valence-corrected chi connectivity index (χ1v) is 6.37. The first-order chi connectivity index (χ1) is 9.56. The van der Waals surface area contributed by atoms with E-state index in [0.29, 0.717) is 0 Å². The summed E-state index contributed by atoms with van der Waals surface area (Å²) in [5.74, 6) is 0. The van der Waals surface area contributed by atoms with Crippen molar-refractivity contribution in [2.45, 2.75) is 13.8 Å². The van der Waals surface area contributed by atoms with Crippen molar-refractivity contribution in [3.8, 4) is 0 Å². The van der Waals surface area contributed by atoms with E-state index in [1.54, 1.807) is 0 Å². The summed E-state index contributed by atoms with van der Waals surface area (Å²) in [4.78, 5) is 0. The highest BCUT2D eigenvalue weighted by Crippen LogP contribution is 2.09. The van der Waals surface area contributed by atoms with Crippen molar-refractivity contribution in [1.29, 1.82) is 0 Å². The predicted molar refractivity (Wildman–Crippen MR) is 86.1 cm³/mol. The fourth-order valence-electron chi connectivity index (χ4n) is 1.71. The second-order valence-corrected chi connectivity index (χ2v) is 4.61. The molecule has 0 saturated heterocycles. The minimum absolute atomic E-state index is 0.739. The van der Waals surface area contributed by atoms with Gasteiger partial charge >= 0.3 is 0 Å². The van der Waals surface area contributed by atoms with Gasteiger partial charge in [-0.25, -0.2) is 0 Å². The van der Waals surface area contributed by atoms with Crippen LogP contribution in [0, 0.1) is 0 Å². The van der Waals surface area contributed by atoms with Crippen molar-refractivity contribution in [2.24, 2.45) is 10.2 Å². The highest BCUT2D eigenvalue weighted by Gasteiger charge is 1.99. The molecular formula is C16H18N4. The molecule has 2 rings (SSSR count). The van der Waals surface area contributed by atoms with Gasteiger partial charge in [0.25, 0.3) is 0 Å². The number of hydrogen-bond acceptors (Lipinski definition) is 4. The van der Waals surface area contributed by atoms with Gasteiger partial charge in [0.05, 0.1) is 11.4 Å². The van der Waals surface area contributed by atoms with Crippen LogP contribution in [0.1, 0.15) is 25.0 Å². The number of anilines is 2. The van der Waals surface area contributed by atoms with Gasteiger partial charge in [-0.3, -0.25) is 0 Å². The molecule has 0 atom stereocenters. The quantitative estimate of drug-likeness (QED) is 0.509. The molecule has 4 N–H and O–H groups in total. The summed E-state index contributed by atoms with van der Waals surface area (Å²) >= 11 is 0. The van der Waals surface area contributed by atoms with Gasteiger partial charge in [-0.2, -0.15) is 10.2 Å². The maximum absolute atomic E-state index is 5.66. The SMILES string of the molecule is C/C(=N\N=C(/C)c1ccc(N)cc1)c1ccc(N)cc1. The molecule has 0 radical (unpaired) electrons. The molecule has 2 aromatic rings. The van der Waals surface area contributed by atoms with E-state index in [9.17, 15) is 0 Å². The number of nitrogens with two attached hydrogens (primary N) is 2. The van der Waals surface area contributed by atoms with Gasteiger partial charge in [0.1, 0.15) is 0 Å². The first kappa shape index (κ1) is 13.8. The summed E-state index contributed by atoms with van der Waals surface area (Å²) in [5, 5.41) is 8.51. The number of nitrogens with zero attached hydrogens (tertiary/aromatic N) is 2. The average Bonchev–Trinajstić information content (AvgIpc) is 2.46. The van der Waals surface area contributed by atoms with Gasteiger partial charge in [0.15, 0.2) is 0 Å². The molecular weight excluding hydrogens is 248 g/mol. The van der Waals surface area contributed by atoms with Crippen LogP contribution in [0.3, 0.4) is 0 Å². The van der Waals surface area contributed by atoms with E-state index in [1.165, 1.54) is 0 Å². The Kier molecular flexibility index (Phi) is 4.15. The number of hydrogen-bond donors (Lipinski definition) is 2. The zero-order valence-electron chi connectivity index (χ0n) is 11.7. The molecule has 0 aliphatic heterocycles. The fourth-order valence-corrected chi connectivity index (χ4v) is 1.71. The molecule has 0 fully saturated rings. The van der Waals surface area contributed by atoms with Gasteiger partial charge in [0, 0.05) is 11.4 Å². The summed E-state index contributed by atoms with van der Waals surface area (Å²) in [6, 6.07) is 15.1. The molecule has 0 heterocycles. The second-order valence-electron chi connectivity index (χ2n) is 4.61. The number of nitrogen functional groups attached to an aromatic ring is 2. The van der Waals surface area contributed by atoms with E-state index in [-0.39, 0.29) is 0 Å². The van der Waals surface area contributed by atoms with Crippen LogP contribution >= 0.6 is 0 Å². The van der Waals surface area contributed by atoms with Crippen LogP contribution in [-0.2, 0) is 0 Å². The fraction of sp³-hybridized carbons (Fsp3) is 0.125. The Labute approximate surface area is 118 Å². The van der Waals surface area contributed by atoms with Crippen molar-refractivity contribution >= 4 is 22.8 Å². The van der Waals surface area contributed by atoms with Crippen LogP contribution in [0.2, 0.25) is 0 Å². The summed E-state index contributed by atoms with van der Waals surface area (Å²) in [5.41, 5.74) is 16.5. The summed E-state index contributed by atoms with van der Waals surface area (Å²) in [6.45, 7) is 3.84. The average molecular weight is 266 g/mol. The maximum Gasteiger partial charge on any atom is 0.0671 e. The normalized spacial score (nSPS) is 12.5. The van der Waals surface area contributed by atoms with Gasteiger partial charge in [-0.05, 0) is 49.2 Å². The smallest absolute Gasteiger partial charge is 0.0671 e. The molecule has 0 bridgehead atoms. The van der Waals surface area contributed by atoms with Crippen LogP contribution in [0.15, 0.2) is 58.7 Å². The van der Waals surface area contributed by atoms with Crippen LogP contribution in [0.25, 0.3) is 0 Å². The van der Waals surface area contributed by atoms with Crippen molar-refractivity contribution in [3.63, 3.8) is 0 Å². The van der Waals surface area contributed by atoms with E-state index >= 15 is 0 Å². The first-order valence-electron chi connectivity index (χ1n) is 6.37. The molecule has 0 unspecified atom stereocenters. The summed E-state index contributed by atoms with van der Waals surface area (Å²) < 4.78 is 0. The third kappa shape index (κ3) is 3.45. The molecule has 20 heavy (non-hydrogen) atoms. The van der Waals surface area contributed by atoms with Gasteiger partial charge in [-0.1, -0.05) is 24.3 Å². The minimum Gasteiger partial charge on any atom is -0.399 e.